The van der Waals surface area contributed by atoms with E-state index in [-0.39, 0.29) is 5.69 Å². The Bertz CT molecular complexity index is 799. The molecular formula is C14H9ClN4O2. The lowest BCUT2D eigenvalue weighted by atomic mass is 10.2. The van der Waals surface area contributed by atoms with Crippen molar-refractivity contribution in [2.75, 3.05) is 0 Å². The van der Waals surface area contributed by atoms with Crippen LogP contribution in [0.2, 0.25) is 5.02 Å². The quantitative estimate of drug-likeness (QED) is 0.590. The summed E-state index contributed by atoms with van der Waals surface area (Å²) in [6.07, 6.45) is 0. The highest BCUT2D eigenvalue weighted by molar-refractivity contribution is 6.30. The number of aromatic nitrogens is 3. The van der Waals surface area contributed by atoms with Crippen molar-refractivity contribution in [3.05, 3.63) is 63.7 Å². The predicted octanol–water partition coefficient (Wildman–Crippen LogP) is 3.70. The Morgan fingerprint density at radius 3 is 2.57 bits per heavy atom. The van der Waals surface area contributed by atoms with Gasteiger partial charge in [-0.3, -0.25) is 15.2 Å². The molecular weight excluding hydrogens is 292 g/mol. The number of nitro benzene ring substituents is 1. The number of rotatable bonds is 3. The number of nitro groups is 1. The number of nitrogens with one attached hydrogen (secondary N) is 1. The van der Waals surface area contributed by atoms with Gasteiger partial charge in [0.25, 0.3) is 5.69 Å². The second-order valence-corrected chi connectivity index (χ2v) is 4.76. The lowest BCUT2D eigenvalue weighted by Gasteiger charge is -1.96. The van der Waals surface area contributed by atoms with Crippen molar-refractivity contribution in [3.63, 3.8) is 0 Å². The lowest BCUT2D eigenvalue weighted by molar-refractivity contribution is -0.384. The Morgan fingerprint density at radius 1 is 1.10 bits per heavy atom. The van der Waals surface area contributed by atoms with Gasteiger partial charge in [-0.2, -0.15) is 5.10 Å². The first kappa shape index (κ1) is 13.3. The number of H-pyrrole nitrogens is 1. The Hall–Kier alpha value is -2.73. The second-order valence-electron chi connectivity index (χ2n) is 4.32. The van der Waals surface area contributed by atoms with Crippen LogP contribution in [-0.4, -0.2) is 20.1 Å². The molecule has 3 rings (SSSR count). The van der Waals surface area contributed by atoms with Crippen LogP contribution in [-0.2, 0) is 0 Å². The van der Waals surface area contributed by atoms with Gasteiger partial charge in [0.05, 0.1) is 4.92 Å². The third kappa shape index (κ3) is 2.75. The van der Waals surface area contributed by atoms with Crippen molar-refractivity contribution < 1.29 is 4.92 Å². The van der Waals surface area contributed by atoms with Crippen LogP contribution in [0, 0.1) is 10.1 Å². The maximum absolute atomic E-state index is 10.8. The van der Waals surface area contributed by atoms with Gasteiger partial charge in [0.2, 0.25) is 0 Å². The summed E-state index contributed by atoms with van der Waals surface area (Å²) >= 11 is 5.84. The molecule has 0 spiro atoms. The van der Waals surface area contributed by atoms with Crippen LogP contribution >= 0.6 is 11.6 Å². The fourth-order valence-corrected chi connectivity index (χ4v) is 2.01. The molecule has 0 aliphatic heterocycles. The van der Waals surface area contributed by atoms with Crippen LogP contribution in [0.3, 0.4) is 0 Å². The minimum Gasteiger partial charge on any atom is -0.259 e. The third-order valence-corrected chi connectivity index (χ3v) is 3.17. The van der Waals surface area contributed by atoms with E-state index in [0.29, 0.717) is 22.2 Å². The highest BCUT2D eigenvalue weighted by Crippen LogP contribution is 2.24. The van der Waals surface area contributed by atoms with Crippen molar-refractivity contribution in [1.29, 1.82) is 0 Å². The SMILES string of the molecule is O=[N+]([O-])c1cccc(-c2n[nH]c(-c3ccc(Cl)cc3)n2)c1. The Balaban J connectivity index is 1.96. The molecule has 3 aromatic rings. The number of hydrogen-bond acceptors (Lipinski definition) is 4. The maximum Gasteiger partial charge on any atom is 0.270 e. The van der Waals surface area contributed by atoms with E-state index in [1.165, 1.54) is 12.1 Å². The van der Waals surface area contributed by atoms with E-state index in [2.05, 4.69) is 15.2 Å². The molecule has 0 aliphatic carbocycles. The first-order valence-corrected chi connectivity index (χ1v) is 6.44. The first-order valence-electron chi connectivity index (χ1n) is 6.06. The molecule has 1 aromatic heterocycles. The van der Waals surface area contributed by atoms with Gasteiger partial charge in [-0.25, -0.2) is 4.98 Å². The summed E-state index contributed by atoms with van der Waals surface area (Å²) in [4.78, 5) is 14.7. The van der Waals surface area contributed by atoms with Gasteiger partial charge >= 0.3 is 0 Å². The predicted molar refractivity (Wildman–Crippen MR) is 78.9 cm³/mol. The monoisotopic (exact) mass is 300 g/mol. The van der Waals surface area contributed by atoms with Crippen LogP contribution in [0.15, 0.2) is 48.5 Å². The minimum absolute atomic E-state index is 0.00495. The van der Waals surface area contributed by atoms with Crippen LogP contribution in [0.5, 0.6) is 0 Å². The van der Waals surface area contributed by atoms with E-state index in [9.17, 15) is 10.1 Å². The van der Waals surface area contributed by atoms with Gasteiger partial charge in [-0.05, 0) is 24.3 Å². The topological polar surface area (TPSA) is 84.7 Å². The van der Waals surface area contributed by atoms with Crippen LogP contribution in [0.1, 0.15) is 0 Å². The zero-order valence-corrected chi connectivity index (χ0v) is 11.4. The summed E-state index contributed by atoms with van der Waals surface area (Å²) < 4.78 is 0. The van der Waals surface area contributed by atoms with E-state index in [4.69, 9.17) is 11.6 Å². The zero-order valence-electron chi connectivity index (χ0n) is 10.7. The summed E-state index contributed by atoms with van der Waals surface area (Å²) in [6, 6.07) is 13.3. The van der Waals surface area contributed by atoms with E-state index in [1.54, 1.807) is 24.3 Å². The van der Waals surface area contributed by atoms with Crippen molar-refractivity contribution in [3.8, 4) is 22.8 Å². The zero-order chi connectivity index (χ0) is 14.8. The summed E-state index contributed by atoms with van der Waals surface area (Å²) in [5.74, 6) is 0.983. The van der Waals surface area contributed by atoms with Crippen molar-refractivity contribution in [2.24, 2.45) is 0 Å². The molecule has 0 radical (unpaired) electrons. The van der Waals surface area contributed by atoms with Gasteiger partial charge in [-0.15, -0.1) is 0 Å². The molecule has 0 saturated heterocycles. The fraction of sp³-hybridized carbons (Fsp3) is 0. The smallest absolute Gasteiger partial charge is 0.259 e. The standard InChI is InChI=1S/C14H9ClN4O2/c15-11-6-4-9(5-7-11)13-16-14(18-17-13)10-2-1-3-12(8-10)19(20)21/h1-8H,(H,16,17,18). The van der Waals surface area contributed by atoms with E-state index in [0.717, 1.165) is 5.56 Å². The van der Waals surface area contributed by atoms with E-state index in [1.807, 2.05) is 12.1 Å². The number of benzene rings is 2. The lowest BCUT2D eigenvalue weighted by Crippen LogP contribution is -1.88. The molecule has 2 aromatic carbocycles. The fourth-order valence-electron chi connectivity index (χ4n) is 1.89. The molecule has 1 heterocycles. The summed E-state index contributed by atoms with van der Waals surface area (Å²) in [6.45, 7) is 0. The molecule has 104 valence electrons. The average Bonchev–Trinajstić information content (AvgIpc) is 2.98. The van der Waals surface area contributed by atoms with Crippen molar-refractivity contribution in [2.45, 2.75) is 0 Å². The van der Waals surface area contributed by atoms with Crippen molar-refractivity contribution >= 4 is 17.3 Å². The molecule has 0 aliphatic rings. The summed E-state index contributed by atoms with van der Waals surface area (Å²) in [5, 5.41) is 18.3. The molecule has 0 bridgehead atoms. The molecule has 1 N–H and O–H groups in total. The number of halogens is 1. The van der Waals surface area contributed by atoms with Gasteiger partial charge in [0.15, 0.2) is 11.6 Å². The Morgan fingerprint density at radius 2 is 1.86 bits per heavy atom. The van der Waals surface area contributed by atoms with Gasteiger partial charge < -0.3 is 0 Å². The average molecular weight is 301 g/mol. The van der Waals surface area contributed by atoms with Crippen LogP contribution in [0.25, 0.3) is 22.8 Å². The van der Waals surface area contributed by atoms with E-state index < -0.39 is 4.92 Å². The molecule has 0 saturated carbocycles. The summed E-state index contributed by atoms with van der Waals surface area (Å²) in [7, 11) is 0. The second kappa shape index (κ2) is 5.34. The summed E-state index contributed by atoms with van der Waals surface area (Å²) in [5.41, 5.74) is 1.43. The number of hydrogen-bond donors (Lipinski definition) is 1. The van der Waals surface area contributed by atoms with Gasteiger partial charge in [-0.1, -0.05) is 23.7 Å². The Labute approximate surface area is 124 Å². The number of non-ortho nitro benzene ring substituents is 1. The van der Waals surface area contributed by atoms with Gasteiger partial charge in [0, 0.05) is 28.3 Å². The normalized spacial score (nSPS) is 10.5. The first-order chi connectivity index (χ1) is 10.1. The van der Waals surface area contributed by atoms with Crippen molar-refractivity contribution in [1.82, 2.24) is 15.2 Å². The minimum atomic E-state index is -0.448. The van der Waals surface area contributed by atoms with E-state index >= 15 is 0 Å². The molecule has 21 heavy (non-hydrogen) atoms. The largest absolute Gasteiger partial charge is 0.270 e. The molecule has 6 nitrogen and oxygen atoms in total. The van der Waals surface area contributed by atoms with Crippen LogP contribution in [0.4, 0.5) is 5.69 Å². The molecule has 7 heteroatoms. The molecule has 0 fully saturated rings. The molecule has 0 unspecified atom stereocenters. The number of nitrogens with zero attached hydrogens (tertiary/aromatic N) is 3. The highest BCUT2D eigenvalue weighted by atomic mass is 35.5. The highest BCUT2D eigenvalue weighted by Gasteiger charge is 2.11. The maximum atomic E-state index is 10.8. The molecule has 0 atom stereocenters. The molecule has 0 amide bonds. The Kier molecular flexibility index (Phi) is 3.37. The third-order valence-electron chi connectivity index (χ3n) is 2.92. The van der Waals surface area contributed by atoms with Gasteiger partial charge in [0.1, 0.15) is 0 Å². The number of aromatic amines is 1. The van der Waals surface area contributed by atoms with Crippen LogP contribution < -0.4 is 0 Å².